The lowest BCUT2D eigenvalue weighted by Gasteiger charge is -2.35. The molecule has 0 spiro atoms. The van der Waals surface area contributed by atoms with E-state index in [2.05, 4.69) is 16.7 Å². The summed E-state index contributed by atoms with van der Waals surface area (Å²) >= 11 is 1.65. The maximum Gasteiger partial charge on any atom is 0.298 e. The highest BCUT2D eigenvalue weighted by Gasteiger charge is 2.27. The van der Waals surface area contributed by atoms with Gasteiger partial charge in [0, 0.05) is 43.2 Å². The molecule has 33 heavy (non-hydrogen) atoms. The van der Waals surface area contributed by atoms with Crippen molar-refractivity contribution in [1.82, 2.24) is 9.88 Å². The van der Waals surface area contributed by atoms with Crippen LogP contribution >= 0.6 is 11.3 Å². The van der Waals surface area contributed by atoms with Gasteiger partial charge in [-0.05, 0) is 62.1 Å². The van der Waals surface area contributed by atoms with E-state index in [0.717, 1.165) is 58.7 Å². The summed E-state index contributed by atoms with van der Waals surface area (Å²) in [5.74, 6) is 6.79. The van der Waals surface area contributed by atoms with Crippen LogP contribution in [0.5, 0.6) is 11.5 Å². The van der Waals surface area contributed by atoms with Crippen molar-refractivity contribution in [3.63, 3.8) is 0 Å². The van der Waals surface area contributed by atoms with E-state index in [-0.39, 0.29) is 11.9 Å². The SMILES string of the molecule is CC#CC(=O)N(C)C1CCN(c2nc(-c3ccc(Oc4ccccc4)cc3)c(CN)s2)CC1. The lowest BCUT2D eigenvalue weighted by Crippen LogP contribution is -2.45. The number of hydrogen-bond acceptors (Lipinski definition) is 6. The molecule has 1 aromatic heterocycles. The standard InChI is InChI=1S/C26H28N4O2S/c1-3-7-24(31)29(2)20-14-16-30(17-15-20)26-28-25(23(18-27)33-26)19-10-12-22(13-11-19)32-21-8-5-4-6-9-21/h4-6,8-13,20H,14-18,27H2,1-2H3. The number of rotatable bonds is 6. The van der Waals surface area contributed by atoms with Gasteiger partial charge in [0.05, 0.1) is 5.69 Å². The molecule has 1 amide bonds. The van der Waals surface area contributed by atoms with Crippen molar-refractivity contribution < 1.29 is 9.53 Å². The van der Waals surface area contributed by atoms with Gasteiger partial charge in [-0.15, -0.1) is 0 Å². The average molecular weight is 461 g/mol. The van der Waals surface area contributed by atoms with Crippen LogP contribution in [0.1, 0.15) is 24.6 Å². The molecule has 1 saturated heterocycles. The third-order valence-electron chi connectivity index (χ3n) is 5.81. The Hall–Kier alpha value is -3.34. The highest BCUT2D eigenvalue weighted by molar-refractivity contribution is 7.16. The van der Waals surface area contributed by atoms with Gasteiger partial charge in [0.1, 0.15) is 11.5 Å². The molecule has 0 unspecified atom stereocenters. The van der Waals surface area contributed by atoms with Crippen LogP contribution in [0.4, 0.5) is 5.13 Å². The maximum atomic E-state index is 12.1. The zero-order chi connectivity index (χ0) is 23.2. The molecular weight excluding hydrogens is 432 g/mol. The first-order valence-corrected chi connectivity index (χ1v) is 11.9. The lowest BCUT2D eigenvalue weighted by molar-refractivity contribution is -0.126. The molecule has 7 heteroatoms. The van der Waals surface area contributed by atoms with E-state index in [9.17, 15) is 4.79 Å². The molecule has 6 nitrogen and oxygen atoms in total. The molecule has 3 aromatic rings. The second-order valence-corrected chi connectivity index (χ2v) is 8.98. The second kappa shape index (κ2) is 10.5. The zero-order valence-electron chi connectivity index (χ0n) is 19.0. The van der Waals surface area contributed by atoms with Crippen LogP contribution < -0.4 is 15.4 Å². The smallest absolute Gasteiger partial charge is 0.298 e. The number of piperidine rings is 1. The molecule has 2 N–H and O–H groups in total. The number of ether oxygens (including phenoxy) is 1. The van der Waals surface area contributed by atoms with Crippen molar-refractivity contribution in [2.24, 2.45) is 5.73 Å². The van der Waals surface area contributed by atoms with Crippen LogP contribution in [0.15, 0.2) is 54.6 Å². The number of amides is 1. The minimum Gasteiger partial charge on any atom is -0.457 e. The lowest BCUT2D eigenvalue weighted by atomic mass is 10.0. The van der Waals surface area contributed by atoms with Crippen molar-refractivity contribution in [2.45, 2.75) is 32.4 Å². The fourth-order valence-corrected chi connectivity index (χ4v) is 4.96. The third kappa shape index (κ3) is 5.36. The molecule has 2 aromatic carbocycles. The number of benzene rings is 2. The molecule has 2 heterocycles. The Bertz CT molecular complexity index is 1140. The van der Waals surface area contributed by atoms with E-state index < -0.39 is 0 Å². The van der Waals surface area contributed by atoms with Crippen molar-refractivity contribution in [2.75, 3.05) is 25.0 Å². The summed E-state index contributed by atoms with van der Waals surface area (Å²) in [5.41, 5.74) is 8.01. The molecule has 1 fully saturated rings. The molecule has 0 aliphatic carbocycles. The van der Waals surface area contributed by atoms with Crippen LogP contribution in [-0.2, 0) is 11.3 Å². The van der Waals surface area contributed by atoms with Gasteiger partial charge in [0.2, 0.25) is 0 Å². The van der Waals surface area contributed by atoms with E-state index in [0.29, 0.717) is 6.54 Å². The predicted octanol–water partition coefficient (Wildman–Crippen LogP) is 4.51. The van der Waals surface area contributed by atoms with Crippen molar-refractivity contribution in [3.8, 4) is 34.6 Å². The maximum absolute atomic E-state index is 12.1. The van der Waals surface area contributed by atoms with Crippen molar-refractivity contribution >= 4 is 22.4 Å². The van der Waals surface area contributed by atoms with Crippen LogP contribution in [0.25, 0.3) is 11.3 Å². The second-order valence-electron chi connectivity index (χ2n) is 7.92. The van der Waals surface area contributed by atoms with Crippen LogP contribution in [-0.4, -0.2) is 42.0 Å². The van der Waals surface area contributed by atoms with Crippen LogP contribution in [0.3, 0.4) is 0 Å². The summed E-state index contributed by atoms with van der Waals surface area (Å²) in [5, 5.41) is 0.982. The van der Waals surface area contributed by atoms with Gasteiger partial charge < -0.3 is 20.3 Å². The Morgan fingerprint density at radius 3 is 2.45 bits per heavy atom. The van der Waals surface area contributed by atoms with E-state index in [1.165, 1.54) is 0 Å². The summed E-state index contributed by atoms with van der Waals surface area (Å²) < 4.78 is 5.90. The first-order valence-electron chi connectivity index (χ1n) is 11.1. The molecular formula is C26H28N4O2S. The van der Waals surface area contributed by atoms with Gasteiger partial charge in [-0.3, -0.25) is 4.79 Å². The number of nitrogens with two attached hydrogens (primary N) is 1. The van der Waals surface area contributed by atoms with Gasteiger partial charge in [0.25, 0.3) is 5.91 Å². The van der Waals surface area contributed by atoms with E-state index in [4.69, 9.17) is 15.5 Å². The van der Waals surface area contributed by atoms with E-state index in [1.54, 1.807) is 23.2 Å². The normalized spacial score (nSPS) is 13.8. The van der Waals surface area contributed by atoms with Crippen LogP contribution in [0, 0.1) is 11.8 Å². The summed E-state index contributed by atoms with van der Waals surface area (Å²) in [6, 6.07) is 17.9. The number of aromatic nitrogens is 1. The molecule has 4 rings (SSSR count). The van der Waals surface area contributed by atoms with Gasteiger partial charge >= 0.3 is 0 Å². The number of hydrogen-bond donors (Lipinski definition) is 1. The number of anilines is 1. The number of carbonyl (C=O) groups excluding carboxylic acids is 1. The van der Waals surface area contributed by atoms with E-state index >= 15 is 0 Å². The van der Waals surface area contributed by atoms with E-state index in [1.807, 2.05) is 61.6 Å². The Morgan fingerprint density at radius 2 is 1.82 bits per heavy atom. The van der Waals surface area contributed by atoms with Crippen molar-refractivity contribution in [3.05, 3.63) is 59.5 Å². The average Bonchev–Trinajstić information content (AvgIpc) is 3.29. The predicted molar refractivity (Wildman–Crippen MR) is 133 cm³/mol. The zero-order valence-corrected chi connectivity index (χ0v) is 19.8. The fraction of sp³-hybridized carbons (Fsp3) is 0.308. The number of nitrogens with zero attached hydrogens (tertiary/aromatic N) is 3. The molecule has 1 aliphatic heterocycles. The monoisotopic (exact) mass is 460 g/mol. The quantitative estimate of drug-likeness (QED) is 0.548. The first-order chi connectivity index (χ1) is 16.1. The van der Waals surface area contributed by atoms with Gasteiger partial charge in [0.15, 0.2) is 5.13 Å². The Balaban J connectivity index is 1.44. The minimum atomic E-state index is -0.113. The molecule has 0 atom stereocenters. The first kappa shape index (κ1) is 22.8. The highest BCUT2D eigenvalue weighted by atomic mass is 32.1. The van der Waals surface area contributed by atoms with Gasteiger partial charge in [-0.25, -0.2) is 4.98 Å². The molecule has 0 bridgehead atoms. The highest BCUT2D eigenvalue weighted by Crippen LogP contribution is 2.35. The Kier molecular flexibility index (Phi) is 7.28. The topological polar surface area (TPSA) is 71.7 Å². The fourth-order valence-electron chi connectivity index (χ4n) is 3.95. The summed E-state index contributed by atoms with van der Waals surface area (Å²) in [4.78, 5) is 22.1. The Labute approximate surface area is 199 Å². The number of para-hydroxylation sites is 1. The molecule has 0 saturated carbocycles. The number of thiazole rings is 1. The minimum absolute atomic E-state index is 0.113. The third-order valence-corrected chi connectivity index (χ3v) is 6.95. The summed E-state index contributed by atoms with van der Waals surface area (Å²) in [7, 11) is 1.84. The number of carbonyl (C=O) groups is 1. The van der Waals surface area contributed by atoms with Gasteiger partial charge in [-0.1, -0.05) is 35.5 Å². The molecule has 0 radical (unpaired) electrons. The summed E-state index contributed by atoms with van der Waals surface area (Å²) in [6.07, 6.45) is 1.79. The summed E-state index contributed by atoms with van der Waals surface area (Å²) in [6.45, 7) is 3.83. The molecule has 1 aliphatic rings. The van der Waals surface area contributed by atoms with Crippen molar-refractivity contribution in [1.29, 1.82) is 0 Å². The largest absolute Gasteiger partial charge is 0.457 e. The van der Waals surface area contributed by atoms with Crippen LogP contribution in [0.2, 0.25) is 0 Å². The van der Waals surface area contributed by atoms with Gasteiger partial charge in [-0.2, -0.15) is 0 Å². The molecule has 170 valence electrons. The Morgan fingerprint density at radius 1 is 1.15 bits per heavy atom.